The number of carbonyl (C=O) groups excluding carboxylic acids is 2. The van der Waals surface area contributed by atoms with E-state index in [1.807, 2.05) is 6.07 Å². The Hall–Kier alpha value is -3.51. The molecule has 6 nitrogen and oxygen atoms in total. The normalized spacial score (nSPS) is 19.4. The fourth-order valence-electron chi connectivity index (χ4n) is 3.97. The minimum atomic E-state index is -1.46. The molecule has 0 fully saturated rings. The predicted molar refractivity (Wildman–Crippen MR) is 112 cm³/mol. The third-order valence-corrected chi connectivity index (χ3v) is 5.63. The molecule has 29 heavy (non-hydrogen) atoms. The average molecular weight is 406 g/mol. The van der Waals surface area contributed by atoms with Gasteiger partial charge in [-0.05, 0) is 42.5 Å². The topological polar surface area (TPSA) is 70.7 Å². The SMILES string of the molecule is COc1ccc(N2C(=O)c3ccccc3N[C@@]23C(=O)Nc2c(Cl)cccc23)cc1. The maximum absolute atomic E-state index is 13.6. The molecule has 7 heteroatoms. The summed E-state index contributed by atoms with van der Waals surface area (Å²) in [5.41, 5.74) is 1.26. The molecule has 3 aromatic rings. The Labute approximate surface area is 172 Å². The van der Waals surface area contributed by atoms with Crippen LogP contribution in [0.15, 0.2) is 66.7 Å². The van der Waals surface area contributed by atoms with Gasteiger partial charge in [-0.25, -0.2) is 0 Å². The first-order chi connectivity index (χ1) is 14.1. The second-order valence-corrected chi connectivity index (χ2v) is 7.24. The number of amides is 2. The maximum atomic E-state index is 13.6. The zero-order valence-electron chi connectivity index (χ0n) is 15.4. The third-order valence-electron chi connectivity index (χ3n) is 5.31. The first-order valence-electron chi connectivity index (χ1n) is 9.02. The van der Waals surface area contributed by atoms with Crippen molar-refractivity contribution < 1.29 is 14.3 Å². The number of para-hydroxylation sites is 2. The molecule has 2 N–H and O–H groups in total. The highest BCUT2D eigenvalue weighted by atomic mass is 35.5. The van der Waals surface area contributed by atoms with E-state index in [4.69, 9.17) is 16.3 Å². The van der Waals surface area contributed by atoms with Crippen LogP contribution in [-0.2, 0) is 10.5 Å². The molecule has 0 saturated heterocycles. The van der Waals surface area contributed by atoms with Gasteiger partial charge >= 0.3 is 0 Å². The van der Waals surface area contributed by atoms with Crippen LogP contribution in [0.2, 0.25) is 5.02 Å². The summed E-state index contributed by atoms with van der Waals surface area (Å²) in [6.07, 6.45) is 0. The van der Waals surface area contributed by atoms with Crippen LogP contribution in [0.4, 0.5) is 17.1 Å². The summed E-state index contributed by atoms with van der Waals surface area (Å²) in [6.45, 7) is 0. The Morgan fingerprint density at radius 3 is 2.48 bits per heavy atom. The highest BCUT2D eigenvalue weighted by Crippen LogP contribution is 2.49. The van der Waals surface area contributed by atoms with E-state index in [1.165, 1.54) is 4.90 Å². The molecule has 1 atom stereocenters. The molecule has 0 unspecified atom stereocenters. The van der Waals surface area contributed by atoms with Gasteiger partial charge in [-0.3, -0.25) is 14.5 Å². The van der Waals surface area contributed by atoms with Crippen LogP contribution in [0.3, 0.4) is 0 Å². The molecule has 2 heterocycles. The van der Waals surface area contributed by atoms with Gasteiger partial charge in [0.2, 0.25) is 5.66 Å². The summed E-state index contributed by atoms with van der Waals surface area (Å²) in [4.78, 5) is 28.5. The van der Waals surface area contributed by atoms with Crippen LogP contribution in [0, 0.1) is 0 Å². The molecule has 0 aliphatic carbocycles. The van der Waals surface area contributed by atoms with Crippen molar-refractivity contribution in [3.8, 4) is 5.75 Å². The highest BCUT2D eigenvalue weighted by Gasteiger charge is 2.57. The number of rotatable bonds is 2. The lowest BCUT2D eigenvalue weighted by atomic mass is 9.92. The third kappa shape index (κ3) is 2.36. The van der Waals surface area contributed by atoms with Crippen molar-refractivity contribution in [3.63, 3.8) is 0 Å². The number of hydrogen-bond acceptors (Lipinski definition) is 4. The molecule has 2 aliphatic rings. The Kier molecular flexibility index (Phi) is 3.79. The van der Waals surface area contributed by atoms with Gasteiger partial charge in [0.05, 0.1) is 23.4 Å². The summed E-state index contributed by atoms with van der Waals surface area (Å²) in [6, 6.07) is 19.4. The molecule has 0 bridgehead atoms. The number of nitrogens with zero attached hydrogens (tertiary/aromatic N) is 1. The van der Waals surface area contributed by atoms with E-state index >= 15 is 0 Å². The van der Waals surface area contributed by atoms with E-state index in [0.717, 1.165) is 0 Å². The first-order valence-corrected chi connectivity index (χ1v) is 9.40. The molecule has 0 aromatic heterocycles. The van der Waals surface area contributed by atoms with E-state index in [1.54, 1.807) is 67.8 Å². The van der Waals surface area contributed by atoms with Gasteiger partial charge in [0, 0.05) is 16.9 Å². The summed E-state index contributed by atoms with van der Waals surface area (Å²) in [5, 5.41) is 6.58. The lowest BCUT2D eigenvalue weighted by Crippen LogP contribution is -2.61. The average Bonchev–Trinajstić information content (AvgIpc) is 3.02. The van der Waals surface area contributed by atoms with Crippen molar-refractivity contribution in [1.82, 2.24) is 0 Å². The summed E-state index contributed by atoms with van der Waals surface area (Å²) >= 11 is 6.34. The van der Waals surface area contributed by atoms with E-state index in [9.17, 15) is 9.59 Å². The van der Waals surface area contributed by atoms with Crippen LogP contribution >= 0.6 is 11.6 Å². The van der Waals surface area contributed by atoms with Crippen molar-refractivity contribution in [3.05, 3.63) is 82.9 Å². The number of anilines is 3. The van der Waals surface area contributed by atoms with Gasteiger partial charge in [0.15, 0.2) is 0 Å². The molecule has 5 rings (SSSR count). The fourth-order valence-corrected chi connectivity index (χ4v) is 4.19. The minimum absolute atomic E-state index is 0.285. The molecule has 3 aromatic carbocycles. The number of hydrogen-bond donors (Lipinski definition) is 2. The molecule has 144 valence electrons. The summed E-state index contributed by atoms with van der Waals surface area (Å²) < 4.78 is 5.23. The van der Waals surface area contributed by atoms with Crippen LogP contribution < -0.4 is 20.3 Å². The van der Waals surface area contributed by atoms with Gasteiger partial charge in [-0.15, -0.1) is 0 Å². The highest BCUT2D eigenvalue weighted by molar-refractivity contribution is 6.35. The monoisotopic (exact) mass is 405 g/mol. The van der Waals surface area contributed by atoms with E-state index in [2.05, 4.69) is 10.6 Å². The number of methoxy groups -OCH3 is 1. The zero-order valence-corrected chi connectivity index (χ0v) is 16.2. The van der Waals surface area contributed by atoms with E-state index in [-0.39, 0.29) is 11.8 Å². The number of halogens is 1. The van der Waals surface area contributed by atoms with Gasteiger partial charge in [0.1, 0.15) is 5.75 Å². The quantitative estimate of drug-likeness (QED) is 0.669. The molecular weight excluding hydrogens is 390 g/mol. The second kappa shape index (κ2) is 6.25. The zero-order chi connectivity index (χ0) is 20.2. The minimum Gasteiger partial charge on any atom is -0.497 e. The number of nitrogens with one attached hydrogen (secondary N) is 2. The first kappa shape index (κ1) is 17.6. The van der Waals surface area contributed by atoms with Gasteiger partial charge < -0.3 is 15.4 Å². The van der Waals surface area contributed by atoms with E-state index < -0.39 is 5.66 Å². The molecule has 2 amide bonds. The Balaban J connectivity index is 1.79. The lowest BCUT2D eigenvalue weighted by molar-refractivity contribution is -0.119. The second-order valence-electron chi connectivity index (χ2n) is 6.84. The number of benzene rings is 3. The van der Waals surface area contributed by atoms with Gasteiger partial charge in [0.25, 0.3) is 11.8 Å². The Morgan fingerprint density at radius 1 is 0.966 bits per heavy atom. The number of fused-ring (bicyclic) bond motifs is 3. The van der Waals surface area contributed by atoms with Crippen LogP contribution in [-0.4, -0.2) is 18.9 Å². The van der Waals surface area contributed by atoms with Crippen LogP contribution in [0.5, 0.6) is 5.75 Å². The molecular formula is C22H16ClN3O3. The molecule has 0 saturated carbocycles. The number of ether oxygens (including phenoxy) is 1. The smallest absolute Gasteiger partial charge is 0.276 e. The van der Waals surface area contributed by atoms with Crippen molar-refractivity contribution >= 4 is 40.5 Å². The standard InChI is InChI=1S/C22H16ClN3O3/c1-29-14-11-9-13(10-12-14)26-20(27)15-5-2-3-8-18(15)25-22(26)16-6-4-7-17(23)19(16)24-21(22)28/h2-12,25H,1H3,(H,24,28)/t22-/m1/s1. The fraction of sp³-hybridized carbons (Fsp3) is 0.0909. The maximum Gasteiger partial charge on any atom is 0.276 e. The van der Waals surface area contributed by atoms with Gasteiger partial charge in [-0.1, -0.05) is 35.9 Å². The van der Waals surface area contributed by atoms with Gasteiger partial charge in [-0.2, -0.15) is 0 Å². The van der Waals surface area contributed by atoms with Crippen molar-refractivity contribution in [2.24, 2.45) is 0 Å². The van der Waals surface area contributed by atoms with E-state index in [0.29, 0.717) is 39.0 Å². The van der Waals surface area contributed by atoms with Crippen molar-refractivity contribution in [1.29, 1.82) is 0 Å². The Bertz CT molecular complexity index is 1160. The van der Waals surface area contributed by atoms with Crippen molar-refractivity contribution in [2.75, 3.05) is 22.6 Å². The Morgan fingerprint density at radius 2 is 1.72 bits per heavy atom. The van der Waals surface area contributed by atoms with Crippen LogP contribution in [0.25, 0.3) is 0 Å². The largest absolute Gasteiger partial charge is 0.497 e. The summed E-state index contributed by atoms with van der Waals surface area (Å²) in [5.74, 6) is -0.00769. The summed E-state index contributed by atoms with van der Waals surface area (Å²) in [7, 11) is 1.57. The number of carbonyl (C=O) groups is 2. The lowest BCUT2D eigenvalue weighted by Gasteiger charge is -2.44. The van der Waals surface area contributed by atoms with Crippen LogP contribution in [0.1, 0.15) is 15.9 Å². The predicted octanol–water partition coefficient (Wildman–Crippen LogP) is 4.23. The molecule has 1 spiro atoms. The van der Waals surface area contributed by atoms with Crippen molar-refractivity contribution in [2.45, 2.75) is 5.66 Å². The molecule has 2 aliphatic heterocycles. The molecule has 0 radical (unpaired) electrons.